The summed E-state index contributed by atoms with van der Waals surface area (Å²) in [5.74, 6) is -1.34. The highest BCUT2D eigenvalue weighted by Crippen LogP contribution is 2.27. The Morgan fingerprint density at radius 3 is 2.15 bits per heavy atom. The van der Waals surface area contributed by atoms with Crippen molar-refractivity contribution in [2.75, 3.05) is 12.0 Å². The molecular weight excluding hydrogens is 468 g/mol. The first-order chi connectivity index (χ1) is 15.6. The van der Waals surface area contributed by atoms with Gasteiger partial charge >= 0.3 is 5.97 Å². The number of ether oxygens (including phenoxy) is 1. The Morgan fingerprint density at radius 2 is 1.64 bits per heavy atom. The summed E-state index contributed by atoms with van der Waals surface area (Å²) >= 11 is 0. The third-order valence-corrected chi connectivity index (χ3v) is 6.93. The van der Waals surface area contributed by atoms with Gasteiger partial charge in [0.25, 0.3) is 5.69 Å². The van der Waals surface area contributed by atoms with Gasteiger partial charge in [0.2, 0.25) is 0 Å². The zero-order valence-electron chi connectivity index (χ0n) is 17.1. The lowest BCUT2D eigenvalue weighted by Crippen LogP contribution is -2.17. The molecule has 0 spiro atoms. The van der Waals surface area contributed by atoms with E-state index < -0.39 is 43.0 Å². The van der Waals surface area contributed by atoms with Crippen molar-refractivity contribution in [3.8, 4) is 22.9 Å². The fraction of sp³-hybridized carbons (Fsp3) is 0.0909. The molecule has 0 bridgehead atoms. The van der Waals surface area contributed by atoms with Crippen LogP contribution >= 0.6 is 0 Å². The molecule has 0 fully saturated rings. The number of rotatable bonds is 7. The molecule has 0 aliphatic carbocycles. The molecule has 0 saturated heterocycles. The number of carbonyl (C=O) groups excluding carboxylic acids is 1. The number of benzene rings is 3. The lowest BCUT2D eigenvalue weighted by atomic mass is 10.0. The van der Waals surface area contributed by atoms with E-state index in [0.29, 0.717) is 5.56 Å². The largest absolute Gasteiger partial charge is 0.426 e. The van der Waals surface area contributed by atoms with Crippen molar-refractivity contribution in [2.24, 2.45) is 0 Å². The Bertz CT molecular complexity index is 1390. The zero-order valence-corrected chi connectivity index (χ0v) is 18.8. The van der Waals surface area contributed by atoms with Crippen LogP contribution in [0.4, 0.5) is 5.69 Å². The minimum atomic E-state index is -3.70. The Hall–Kier alpha value is -3.88. The topological polar surface area (TPSA) is 144 Å². The van der Waals surface area contributed by atoms with Crippen molar-refractivity contribution >= 4 is 32.3 Å². The van der Waals surface area contributed by atoms with Crippen LogP contribution in [0, 0.1) is 21.4 Å². The van der Waals surface area contributed by atoms with E-state index >= 15 is 0 Å². The Labute approximate surface area is 191 Å². The fourth-order valence-corrected chi connectivity index (χ4v) is 4.52. The predicted molar refractivity (Wildman–Crippen MR) is 120 cm³/mol. The van der Waals surface area contributed by atoms with Gasteiger partial charge in [-0.3, -0.25) is 19.1 Å². The lowest BCUT2D eigenvalue weighted by molar-refractivity contribution is -0.388. The van der Waals surface area contributed by atoms with Gasteiger partial charge < -0.3 is 4.74 Å². The molecule has 0 N–H and O–H groups in total. The molecule has 0 unspecified atom stereocenters. The first-order valence-corrected chi connectivity index (χ1v) is 12.5. The average molecular weight is 485 g/mol. The first-order valence-electron chi connectivity index (χ1n) is 9.26. The number of nitrogens with zero attached hydrogens (tertiary/aromatic N) is 2. The maximum absolute atomic E-state index is 12.6. The van der Waals surface area contributed by atoms with Crippen molar-refractivity contribution in [3.63, 3.8) is 0 Å². The van der Waals surface area contributed by atoms with E-state index in [1.165, 1.54) is 12.1 Å². The van der Waals surface area contributed by atoms with E-state index in [2.05, 4.69) is 0 Å². The summed E-state index contributed by atoms with van der Waals surface area (Å²) in [7, 11) is -5.83. The summed E-state index contributed by atoms with van der Waals surface area (Å²) in [6.07, 6.45) is 0.896. The van der Waals surface area contributed by atoms with Crippen LogP contribution in [0.1, 0.15) is 5.56 Å². The third-order valence-electron chi connectivity index (χ3n) is 4.48. The number of sulfone groups is 1. The third kappa shape index (κ3) is 5.88. The van der Waals surface area contributed by atoms with E-state index in [1.807, 2.05) is 6.07 Å². The second-order valence-corrected chi connectivity index (χ2v) is 10.3. The molecule has 11 heteroatoms. The van der Waals surface area contributed by atoms with Gasteiger partial charge in [0.05, 0.1) is 32.3 Å². The van der Waals surface area contributed by atoms with Crippen LogP contribution in [0.15, 0.2) is 76.5 Å². The quantitative estimate of drug-likeness (QED) is 0.215. The Morgan fingerprint density at radius 1 is 1.06 bits per heavy atom. The van der Waals surface area contributed by atoms with Gasteiger partial charge in [-0.25, -0.2) is 8.42 Å². The number of nitriles is 1. The van der Waals surface area contributed by atoms with Gasteiger partial charge in [-0.1, -0.05) is 24.3 Å². The standard InChI is InChI=1S/C22H16N2O7S2/c1-33(29,30)19-10-11-21(20(12-19)24(26)27)32(28)14-22(25)31-18-8-6-17(7-9-18)16-4-2-15(13-23)3-5-16/h2-12H,14H2,1H3/t32-/m0/s1. The molecule has 33 heavy (non-hydrogen) atoms. The van der Waals surface area contributed by atoms with Crippen LogP contribution < -0.4 is 4.74 Å². The van der Waals surface area contributed by atoms with Crippen LogP contribution in [-0.2, 0) is 25.4 Å². The minimum absolute atomic E-state index is 0.191. The van der Waals surface area contributed by atoms with Crippen molar-refractivity contribution in [3.05, 3.63) is 82.4 Å². The van der Waals surface area contributed by atoms with Gasteiger partial charge in [0, 0.05) is 12.3 Å². The molecule has 0 aromatic heterocycles. The highest BCUT2D eigenvalue weighted by Gasteiger charge is 2.24. The summed E-state index contributed by atoms with van der Waals surface area (Å²) in [4.78, 5) is 22.1. The van der Waals surface area contributed by atoms with Crippen molar-refractivity contribution in [1.82, 2.24) is 0 Å². The first kappa shape index (κ1) is 23.8. The highest BCUT2D eigenvalue weighted by molar-refractivity contribution is 7.90. The molecule has 3 aromatic carbocycles. The zero-order chi connectivity index (χ0) is 24.2. The molecule has 0 saturated carbocycles. The molecule has 3 rings (SSSR count). The maximum atomic E-state index is 12.6. The van der Waals surface area contributed by atoms with E-state index in [-0.39, 0.29) is 15.5 Å². The Kier molecular flexibility index (Phi) is 7.01. The number of nitro groups is 1. The molecule has 0 aliphatic heterocycles. The molecular formula is C22H16N2O7S2. The second kappa shape index (κ2) is 9.72. The number of hydrogen-bond acceptors (Lipinski definition) is 8. The summed E-state index contributed by atoms with van der Waals surface area (Å²) < 4.78 is 41.0. The molecule has 0 amide bonds. The van der Waals surface area contributed by atoms with Crippen LogP contribution in [0.3, 0.4) is 0 Å². The van der Waals surface area contributed by atoms with Crippen molar-refractivity contribution in [2.45, 2.75) is 9.79 Å². The number of esters is 1. The monoisotopic (exact) mass is 484 g/mol. The van der Waals surface area contributed by atoms with E-state index in [9.17, 15) is 27.5 Å². The van der Waals surface area contributed by atoms with Gasteiger partial charge in [-0.2, -0.15) is 5.26 Å². The molecule has 0 heterocycles. The predicted octanol–water partition coefficient (Wildman–Crippen LogP) is 3.25. The van der Waals surface area contributed by atoms with Crippen LogP contribution in [-0.4, -0.2) is 35.5 Å². The Balaban J connectivity index is 1.71. The number of nitro benzene ring substituents is 1. The lowest BCUT2D eigenvalue weighted by Gasteiger charge is -2.07. The minimum Gasteiger partial charge on any atom is -0.426 e. The summed E-state index contributed by atoms with van der Waals surface area (Å²) in [5, 5.41) is 20.2. The fourth-order valence-electron chi connectivity index (χ4n) is 2.86. The van der Waals surface area contributed by atoms with Gasteiger partial charge in [-0.15, -0.1) is 0 Å². The van der Waals surface area contributed by atoms with Crippen LogP contribution in [0.2, 0.25) is 0 Å². The van der Waals surface area contributed by atoms with Gasteiger partial charge in [0.1, 0.15) is 16.4 Å². The molecule has 9 nitrogen and oxygen atoms in total. The van der Waals surface area contributed by atoms with E-state index in [0.717, 1.165) is 35.6 Å². The van der Waals surface area contributed by atoms with Crippen molar-refractivity contribution < 1.29 is 27.1 Å². The van der Waals surface area contributed by atoms with E-state index in [4.69, 9.17) is 10.00 Å². The molecule has 168 valence electrons. The summed E-state index contributed by atoms with van der Waals surface area (Å²) in [6.45, 7) is 0. The normalized spacial score (nSPS) is 11.9. The van der Waals surface area contributed by atoms with Crippen LogP contribution in [0.5, 0.6) is 5.75 Å². The molecule has 0 radical (unpaired) electrons. The second-order valence-electron chi connectivity index (χ2n) is 6.84. The average Bonchev–Trinajstić information content (AvgIpc) is 2.78. The van der Waals surface area contributed by atoms with Crippen molar-refractivity contribution in [1.29, 1.82) is 5.26 Å². The number of carbonyl (C=O) groups is 1. The summed E-state index contributed by atoms with van der Waals surface area (Å²) in [6, 6.07) is 18.4. The van der Waals surface area contributed by atoms with Gasteiger partial charge in [0.15, 0.2) is 9.84 Å². The molecule has 3 aromatic rings. The SMILES string of the molecule is CS(=O)(=O)c1ccc([S@@](=O)CC(=O)Oc2ccc(-c3ccc(C#N)cc3)cc2)c([N+](=O)[O-])c1. The number of hydrogen-bond donors (Lipinski definition) is 0. The van der Waals surface area contributed by atoms with Crippen LogP contribution in [0.25, 0.3) is 11.1 Å². The van der Waals surface area contributed by atoms with Gasteiger partial charge in [-0.05, 0) is 47.5 Å². The highest BCUT2D eigenvalue weighted by atomic mass is 32.2. The van der Waals surface area contributed by atoms with E-state index in [1.54, 1.807) is 36.4 Å². The molecule has 0 aliphatic rings. The summed E-state index contributed by atoms with van der Waals surface area (Å²) in [5.41, 5.74) is 1.56. The maximum Gasteiger partial charge on any atom is 0.324 e. The smallest absolute Gasteiger partial charge is 0.324 e. The molecule has 1 atom stereocenters.